The molecular weight excluding hydrogens is 276 g/mol. The topological polar surface area (TPSA) is 55.1 Å². The fraction of sp³-hybridized carbons (Fsp3) is 0. The summed E-state index contributed by atoms with van der Waals surface area (Å²) in [6.07, 6.45) is 0. The maximum Gasteiger partial charge on any atom is 0.255 e. The molecule has 0 bridgehead atoms. The lowest BCUT2D eigenvalue weighted by Crippen LogP contribution is -2.14. The number of anilines is 2. The maximum absolute atomic E-state index is 13.0. The zero-order valence-electron chi connectivity index (χ0n) is 9.88. The molecule has 0 atom stereocenters. The minimum atomic E-state index is -1.66. The number of carbonyl (C=O) groups excluding carboxylic acids is 1. The summed E-state index contributed by atoms with van der Waals surface area (Å²) in [6, 6.07) is 4.32. The predicted molar refractivity (Wildman–Crippen MR) is 65.1 cm³/mol. The van der Waals surface area contributed by atoms with Gasteiger partial charge in [-0.3, -0.25) is 4.79 Å². The summed E-state index contributed by atoms with van der Waals surface area (Å²) in [4.78, 5) is 11.8. The lowest BCUT2D eigenvalue weighted by Gasteiger charge is -2.08. The predicted octanol–water partition coefficient (Wildman–Crippen LogP) is 3.08. The molecule has 0 aliphatic rings. The van der Waals surface area contributed by atoms with Crippen molar-refractivity contribution in [3.8, 4) is 0 Å². The van der Waals surface area contributed by atoms with E-state index in [1.807, 2.05) is 0 Å². The van der Waals surface area contributed by atoms with E-state index in [0.29, 0.717) is 12.1 Å². The average molecular weight is 284 g/mol. The van der Waals surface area contributed by atoms with Gasteiger partial charge in [-0.15, -0.1) is 0 Å². The van der Waals surface area contributed by atoms with Crippen LogP contribution in [0.5, 0.6) is 0 Å². The highest BCUT2D eigenvalue weighted by molar-refractivity contribution is 6.05. The van der Waals surface area contributed by atoms with Crippen LogP contribution in [0.1, 0.15) is 10.4 Å². The van der Waals surface area contributed by atoms with E-state index in [2.05, 4.69) is 5.32 Å². The molecule has 104 valence electrons. The van der Waals surface area contributed by atoms with Crippen LogP contribution >= 0.6 is 0 Å². The van der Waals surface area contributed by atoms with Crippen LogP contribution in [0.25, 0.3) is 0 Å². The molecule has 2 rings (SSSR count). The van der Waals surface area contributed by atoms with Crippen molar-refractivity contribution in [1.82, 2.24) is 0 Å². The van der Waals surface area contributed by atoms with Gasteiger partial charge in [-0.2, -0.15) is 0 Å². The van der Waals surface area contributed by atoms with Crippen LogP contribution in [0.4, 0.5) is 28.9 Å². The van der Waals surface area contributed by atoms with E-state index in [-0.39, 0.29) is 11.4 Å². The highest BCUT2D eigenvalue weighted by atomic mass is 19.2. The number of nitrogen functional groups attached to an aromatic ring is 1. The Hall–Kier alpha value is -2.57. The second-order valence-electron chi connectivity index (χ2n) is 3.94. The Labute approximate surface area is 111 Å². The van der Waals surface area contributed by atoms with Crippen molar-refractivity contribution in [3.05, 3.63) is 59.2 Å². The van der Waals surface area contributed by atoms with E-state index in [0.717, 1.165) is 12.1 Å². The molecule has 0 unspecified atom stereocenters. The molecule has 3 N–H and O–H groups in total. The second kappa shape index (κ2) is 5.20. The third-order valence-electron chi connectivity index (χ3n) is 2.51. The molecule has 0 saturated carbocycles. The van der Waals surface area contributed by atoms with Crippen LogP contribution in [0.15, 0.2) is 30.3 Å². The van der Waals surface area contributed by atoms with Gasteiger partial charge in [-0.25, -0.2) is 17.6 Å². The fourth-order valence-corrected chi connectivity index (χ4v) is 1.53. The van der Waals surface area contributed by atoms with Crippen LogP contribution in [0, 0.1) is 23.3 Å². The summed E-state index contributed by atoms with van der Waals surface area (Å²) in [5.74, 6) is -6.13. The first kappa shape index (κ1) is 13.9. The number of hydrogen-bond acceptors (Lipinski definition) is 2. The zero-order chi connectivity index (χ0) is 14.9. The Morgan fingerprint density at radius 3 is 2.15 bits per heavy atom. The van der Waals surface area contributed by atoms with Crippen molar-refractivity contribution in [2.24, 2.45) is 0 Å². The van der Waals surface area contributed by atoms with Gasteiger partial charge in [0.1, 0.15) is 5.82 Å². The number of nitrogens with one attached hydrogen (secondary N) is 1. The number of carbonyl (C=O) groups is 1. The highest BCUT2D eigenvalue weighted by Crippen LogP contribution is 2.21. The van der Waals surface area contributed by atoms with Gasteiger partial charge in [0.25, 0.3) is 5.91 Å². The van der Waals surface area contributed by atoms with Crippen molar-refractivity contribution in [3.63, 3.8) is 0 Å². The van der Waals surface area contributed by atoms with Crippen molar-refractivity contribution >= 4 is 17.3 Å². The van der Waals surface area contributed by atoms with Crippen LogP contribution in [0.2, 0.25) is 0 Å². The van der Waals surface area contributed by atoms with Crippen molar-refractivity contribution < 1.29 is 22.4 Å². The number of amides is 1. The lowest BCUT2D eigenvalue weighted by molar-refractivity contribution is 0.102. The molecule has 3 nitrogen and oxygen atoms in total. The van der Waals surface area contributed by atoms with Crippen LogP contribution in [-0.2, 0) is 0 Å². The number of hydrogen-bond donors (Lipinski definition) is 2. The van der Waals surface area contributed by atoms with E-state index in [1.165, 1.54) is 6.07 Å². The quantitative estimate of drug-likeness (QED) is 0.506. The van der Waals surface area contributed by atoms with Gasteiger partial charge in [0.15, 0.2) is 17.5 Å². The summed E-state index contributed by atoms with van der Waals surface area (Å²) in [5.41, 5.74) is 5.06. The van der Waals surface area contributed by atoms with Gasteiger partial charge in [-0.1, -0.05) is 0 Å². The van der Waals surface area contributed by atoms with Gasteiger partial charge in [0, 0.05) is 5.56 Å². The Morgan fingerprint density at radius 1 is 1.00 bits per heavy atom. The summed E-state index contributed by atoms with van der Waals surface area (Å²) in [5, 5.41) is 2.24. The largest absolute Gasteiger partial charge is 0.397 e. The van der Waals surface area contributed by atoms with Gasteiger partial charge < -0.3 is 11.1 Å². The molecule has 0 aromatic heterocycles. The van der Waals surface area contributed by atoms with Crippen LogP contribution in [-0.4, -0.2) is 5.91 Å². The zero-order valence-corrected chi connectivity index (χ0v) is 9.88. The number of halogens is 4. The van der Waals surface area contributed by atoms with E-state index < -0.39 is 34.7 Å². The van der Waals surface area contributed by atoms with E-state index in [4.69, 9.17) is 5.73 Å². The molecule has 7 heteroatoms. The number of rotatable bonds is 2. The molecule has 0 radical (unpaired) electrons. The third-order valence-corrected chi connectivity index (χ3v) is 2.51. The highest BCUT2D eigenvalue weighted by Gasteiger charge is 2.15. The summed E-state index contributed by atoms with van der Waals surface area (Å²) in [6.45, 7) is 0. The normalized spacial score (nSPS) is 10.4. The lowest BCUT2D eigenvalue weighted by atomic mass is 10.1. The standard InChI is InChI=1S/C13H8F4N2O/c14-7-1-2-11(10(18)5-7)19-13(20)6-3-8(15)12(17)9(16)4-6/h1-5H,18H2,(H,19,20). The maximum atomic E-state index is 13.0. The molecular formula is C13H8F4N2O. The Balaban J connectivity index is 2.28. The van der Waals surface area contributed by atoms with Gasteiger partial charge >= 0.3 is 0 Å². The molecule has 2 aromatic rings. The van der Waals surface area contributed by atoms with Crippen molar-refractivity contribution in [2.75, 3.05) is 11.1 Å². The Bertz CT molecular complexity index is 665. The van der Waals surface area contributed by atoms with Gasteiger partial charge in [0.2, 0.25) is 0 Å². The summed E-state index contributed by atoms with van der Waals surface area (Å²) in [7, 11) is 0. The molecule has 0 aliphatic carbocycles. The van der Waals surface area contributed by atoms with Crippen molar-refractivity contribution in [1.29, 1.82) is 0 Å². The molecule has 0 heterocycles. The monoisotopic (exact) mass is 284 g/mol. The second-order valence-corrected chi connectivity index (χ2v) is 3.94. The number of nitrogens with two attached hydrogens (primary N) is 1. The molecule has 0 fully saturated rings. The minimum Gasteiger partial charge on any atom is -0.397 e. The van der Waals surface area contributed by atoms with Gasteiger partial charge in [-0.05, 0) is 30.3 Å². The van der Waals surface area contributed by atoms with Crippen LogP contribution in [0.3, 0.4) is 0 Å². The first-order valence-corrected chi connectivity index (χ1v) is 5.39. The molecule has 0 spiro atoms. The van der Waals surface area contributed by atoms with E-state index in [9.17, 15) is 22.4 Å². The smallest absolute Gasteiger partial charge is 0.255 e. The number of benzene rings is 2. The van der Waals surface area contributed by atoms with E-state index in [1.54, 1.807) is 0 Å². The Kier molecular flexibility index (Phi) is 3.60. The fourth-order valence-electron chi connectivity index (χ4n) is 1.53. The van der Waals surface area contributed by atoms with E-state index >= 15 is 0 Å². The summed E-state index contributed by atoms with van der Waals surface area (Å²) >= 11 is 0. The molecule has 0 saturated heterocycles. The average Bonchev–Trinajstić information content (AvgIpc) is 2.38. The molecule has 20 heavy (non-hydrogen) atoms. The molecule has 1 amide bonds. The summed E-state index contributed by atoms with van der Waals surface area (Å²) < 4.78 is 51.6. The molecule has 0 aliphatic heterocycles. The third kappa shape index (κ3) is 2.71. The Morgan fingerprint density at radius 2 is 1.60 bits per heavy atom. The molecule has 2 aromatic carbocycles. The minimum absolute atomic E-state index is 0.0543. The van der Waals surface area contributed by atoms with Gasteiger partial charge in [0.05, 0.1) is 11.4 Å². The first-order chi connectivity index (χ1) is 9.38. The van der Waals surface area contributed by atoms with Crippen LogP contribution < -0.4 is 11.1 Å². The van der Waals surface area contributed by atoms with Crippen molar-refractivity contribution in [2.45, 2.75) is 0 Å². The first-order valence-electron chi connectivity index (χ1n) is 5.39. The SMILES string of the molecule is Nc1cc(F)ccc1NC(=O)c1cc(F)c(F)c(F)c1.